The first kappa shape index (κ1) is 19.2. The second-order valence-electron chi connectivity index (χ2n) is 4.96. The van der Waals surface area contributed by atoms with E-state index in [1.54, 1.807) is 6.92 Å². The monoisotopic (exact) mass is 323 g/mol. The van der Waals surface area contributed by atoms with Crippen LogP contribution in [0.5, 0.6) is 11.5 Å². The zero-order valence-electron chi connectivity index (χ0n) is 12.1. The number of phenols is 2. The van der Waals surface area contributed by atoms with Crippen LogP contribution in [0.4, 0.5) is 0 Å². The second kappa shape index (κ2) is 8.72. The van der Waals surface area contributed by atoms with Crippen LogP contribution in [-0.2, 0) is 11.2 Å². The average molecular weight is 323 g/mol. The van der Waals surface area contributed by atoms with E-state index < -0.39 is 12.0 Å². The molecule has 0 radical (unpaired) electrons. The van der Waals surface area contributed by atoms with Gasteiger partial charge < -0.3 is 15.3 Å². The molecule has 6 heteroatoms. The zero-order valence-corrected chi connectivity index (χ0v) is 12.1. The van der Waals surface area contributed by atoms with Gasteiger partial charge in [0.1, 0.15) is 11.5 Å². The third-order valence-electron chi connectivity index (χ3n) is 3.28. The van der Waals surface area contributed by atoms with Gasteiger partial charge in [0, 0.05) is 23.8 Å². The van der Waals surface area contributed by atoms with Gasteiger partial charge in [0.25, 0.3) is 0 Å². The summed E-state index contributed by atoms with van der Waals surface area (Å²) in [5, 5.41) is 28.4. The quantitative estimate of drug-likeness (QED) is 0.579. The summed E-state index contributed by atoms with van der Waals surface area (Å²) in [6.07, 6.45) is 0.270. The molecular formula is C17H18NNaO4. The molecule has 5 nitrogen and oxygen atoms in total. The molecule has 0 saturated heterocycles. The van der Waals surface area contributed by atoms with Crippen molar-refractivity contribution >= 4 is 41.2 Å². The number of aromatic hydroxyl groups is 2. The second-order valence-corrected chi connectivity index (χ2v) is 4.96. The number of rotatable bonds is 5. The van der Waals surface area contributed by atoms with Gasteiger partial charge in [0.2, 0.25) is 0 Å². The van der Waals surface area contributed by atoms with Gasteiger partial charge in [-0.2, -0.15) is 0 Å². The normalized spacial score (nSPS) is 12.3. The summed E-state index contributed by atoms with van der Waals surface area (Å²) < 4.78 is 0. The summed E-state index contributed by atoms with van der Waals surface area (Å²) in [6.45, 7) is 1.63. The first-order valence-corrected chi connectivity index (χ1v) is 6.81. The van der Waals surface area contributed by atoms with Gasteiger partial charge in [0.05, 0.1) is 0 Å². The number of hydrogen-bond acceptors (Lipinski definition) is 4. The number of nitrogens with zero attached hydrogens (tertiary/aromatic N) is 1. The van der Waals surface area contributed by atoms with Crippen molar-refractivity contribution in [2.24, 2.45) is 4.99 Å². The van der Waals surface area contributed by atoms with E-state index in [0.29, 0.717) is 11.3 Å². The Labute approximate surface area is 156 Å². The number of carboxylic acid groups (broad SMARTS) is 1. The molecule has 2 aromatic rings. The molecule has 0 spiro atoms. The van der Waals surface area contributed by atoms with Crippen LogP contribution in [0.2, 0.25) is 0 Å². The Morgan fingerprint density at radius 3 is 2.35 bits per heavy atom. The Morgan fingerprint density at radius 1 is 1.13 bits per heavy atom. The van der Waals surface area contributed by atoms with E-state index in [1.165, 1.54) is 18.2 Å². The summed E-state index contributed by atoms with van der Waals surface area (Å²) >= 11 is 0. The van der Waals surface area contributed by atoms with Gasteiger partial charge in [-0.05, 0) is 24.6 Å². The van der Waals surface area contributed by atoms with E-state index >= 15 is 0 Å². The molecule has 0 fully saturated rings. The molecule has 0 aliphatic rings. The number of hydrogen-bond donors (Lipinski definition) is 3. The molecule has 0 heterocycles. The van der Waals surface area contributed by atoms with Crippen molar-refractivity contribution in [2.75, 3.05) is 0 Å². The predicted molar refractivity (Wildman–Crippen MR) is 90.7 cm³/mol. The van der Waals surface area contributed by atoms with Gasteiger partial charge in [-0.15, -0.1) is 0 Å². The van der Waals surface area contributed by atoms with Crippen molar-refractivity contribution < 1.29 is 20.1 Å². The Balaban J connectivity index is 0.00000264. The van der Waals surface area contributed by atoms with E-state index in [0.717, 1.165) is 5.56 Å². The van der Waals surface area contributed by atoms with Crippen LogP contribution < -0.4 is 0 Å². The van der Waals surface area contributed by atoms with E-state index in [2.05, 4.69) is 4.99 Å². The molecule has 2 aromatic carbocycles. The number of aliphatic carboxylic acids is 1. The first-order valence-electron chi connectivity index (χ1n) is 6.81. The van der Waals surface area contributed by atoms with Crippen molar-refractivity contribution in [1.82, 2.24) is 0 Å². The first-order chi connectivity index (χ1) is 10.5. The van der Waals surface area contributed by atoms with Crippen LogP contribution in [0.25, 0.3) is 0 Å². The standard InChI is InChI=1S/C17H17NO4.Na.H/c1-11(14-8-7-13(19)10-16(14)20)18-15(17(21)22)9-12-5-3-2-4-6-12;;/h2-8,10,15,19-20H,9H2,1H3,(H,21,22);;/b18-11+;;. The van der Waals surface area contributed by atoms with Gasteiger partial charge in [-0.1, -0.05) is 30.3 Å². The Bertz CT molecular complexity index is 701. The van der Waals surface area contributed by atoms with Crippen molar-refractivity contribution in [3.63, 3.8) is 0 Å². The number of phenolic OH excluding ortho intramolecular Hbond substituents is 2. The zero-order chi connectivity index (χ0) is 16.1. The molecule has 1 atom stereocenters. The van der Waals surface area contributed by atoms with Crippen LogP contribution in [-0.4, -0.2) is 62.6 Å². The number of aliphatic imine (C=N–C) groups is 1. The van der Waals surface area contributed by atoms with E-state index in [4.69, 9.17) is 0 Å². The maximum atomic E-state index is 11.4. The molecule has 0 aromatic heterocycles. The molecule has 0 amide bonds. The molecule has 3 N–H and O–H groups in total. The van der Waals surface area contributed by atoms with Crippen LogP contribution in [0.15, 0.2) is 53.5 Å². The predicted octanol–water partition coefficient (Wildman–Crippen LogP) is 1.95. The molecule has 0 aliphatic heterocycles. The summed E-state index contributed by atoms with van der Waals surface area (Å²) in [5.41, 5.74) is 1.68. The average Bonchev–Trinajstić information content (AvgIpc) is 2.47. The number of carbonyl (C=O) groups is 1. The summed E-state index contributed by atoms with van der Waals surface area (Å²) in [7, 11) is 0. The summed E-state index contributed by atoms with van der Waals surface area (Å²) in [5.74, 6) is -1.22. The minimum absolute atomic E-state index is 0. The maximum absolute atomic E-state index is 11.4. The van der Waals surface area contributed by atoms with Crippen molar-refractivity contribution in [3.05, 3.63) is 59.7 Å². The van der Waals surface area contributed by atoms with Gasteiger partial charge in [-0.3, -0.25) is 4.99 Å². The van der Waals surface area contributed by atoms with Gasteiger partial charge >= 0.3 is 35.5 Å². The Morgan fingerprint density at radius 2 is 1.78 bits per heavy atom. The van der Waals surface area contributed by atoms with Gasteiger partial charge in [-0.25, -0.2) is 4.79 Å². The molecule has 0 bridgehead atoms. The fourth-order valence-electron chi connectivity index (χ4n) is 2.15. The van der Waals surface area contributed by atoms with Crippen LogP contribution in [0, 0.1) is 0 Å². The molecule has 2 rings (SSSR count). The third-order valence-corrected chi connectivity index (χ3v) is 3.28. The van der Waals surface area contributed by atoms with Crippen LogP contribution in [0.1, 0.15) is 18.1 Å². The Hall–Kier alpha value is -1.82. The van der Waals surface area contributed by atoms with E-state index in [1.807, 2.05) is 30.3 Å². The minimum atomic E-state index is -1.03. The molecule has 1 unspecified atom stereocenters. The van der Waals surface area contributed by atoms with E-state index in [9.17, 15) is 20.1 Å². The fourth-order valence-corrected chi connectivity index (χ4v) is 2.15. The molecular weight excluding hydrogens is 305 g/mol. The SMILES string of the molecule is C/C(=N\C(Cc1ccccc1)C(=O)O)c1ccc(O)cc1O.[NaH]. The van der Waals surface area contributed by atoms with Gasteiger partial charge in [0.15, 0.2) is 6.04 Å². The third kappa shape index (κ3) is 5.39. The van der Waals surface area contributed by atoms with E-state index in [-0.39, 0.29) is 47.5 Å². The fraction of sp³-hybridized carbons (Fsp3) is 0.176. The molecule has 0 saturated carbocycles. The van der Waals surface area contributed by atoms with Crippen molar-refractivity contribution in [1.29, 1.82) is 0 Å². The topological polar surface area (TPSA) is 90.1 Å². The molecule has 116 valence electrons. The number of carboxylic acids is 1. The van der Waals surface area contributed by atoms with Crippen LogP contribution >= 0.6 is 0 Å². The molecule has 0 aliphatic carbocycles. The van der Waals surface area contributed by atoms with Crippen molar-refractivity contribution in [2.45, 2.75) is 19.4 Å². The van der Waals surface area contributed by atoms with Crippen LogP contribution in [0.3, 0.4) is 0 Å². The molecule has 23 heavy (non-hydrogen) atoms. The summed E-state index contributed by atoms with van der Waals surface area (Å²) in [6, 6.07) is 12.4. The van der Waals surface area contributed by atoms with Crippen molar-refractivity contribution in [3.8, 4) is 11.5 Å². The number of benzene rings is 2. The summed E-state index contributed by atoms with van der Waals surface area (Å²) in [4.78, 5) is 15.6. The Kier molecular flexibility index (Phi) is 7.29.